The van der Waals surface area contributed by atoms with Gasteiger partial charge in [-0.1, -0.05) is 0 Å². The quantitative estimate of drug-likeness (QED) is 0.828. The number of hydrogen-bond donors (Lipinski definition) is 1. The fourth-order valence-corrected chi connectivity index (χ4v) is 1.24. The predicted molar refractivity (Wildman–Crippen MR) is 51.6 cm³/mol. The summed E-state index contributed by atoms with van der Waals surface area (Å²) in [6, 6.07) is 13.1. The van der Waals surface area contributed by atoms with Crippen molar-refractivity contribution in [2.75, 3.05) is 0 Å². The van der Waals surface area contributed by atoms with E-state index in [2.05, 4.69) is 4.98 Å². The maximum atomic E-state index is 10.6. The number of hydrogen-bond acceptors (Lipinski definition) is 1. The smallest absolute Gasteiger partial charge is 0.000496 e. The summed E-state index contributed by atoms with van der Waals surface area (Å²) in [6.07, 6.45) is 3.75. The van der Waals surface area contributed by atoms with Crippen LogP contribution in [0.15, 0.2) is 54.9 Å². The zero-order valence-corrected chi connectivity index (χ0v) is 9.83. The fraction of sp³-hybridized carbons (Fsp3) is 0. The van der Waals surface area contributed by atoms with Gasteiger partial charge in [-0.25, -0.2) is 0 Å². The normalized spacial score (nSPS) is 8.71. The van der Waals surface area contributed by atoms with Crippen molar-refractivity contribution in [2.45, 2.75) is 0 Å². The monoisotopic (exact) mass is 365 g/mol. The van der Waals surface area contributed by atoms with Crippen molar-refractivity contribution in [3.05, 3.63) is 60.4 Å². The largest absolute Gasteiger partial charge is 0.368 e. The first-order valence-corrected chi connectivity index (χ1v) is 5.31. The van der Waals surface area contributed by atoms with Crippen LogP contribution in [0.4, 0.5) is 0 Å². The molecule has 0 radical (unpaired) electrons. The van der Waals surface area contributed by atoms with Crippen LogP contribution in [-0.4, -0.2) is 9.28 Å². The van der Waals surface area contributed by atoms with Gasteiger partial charge >= 0.3 is 63.9 Å². The van der Waals surface area contributed by atoms with E-state index in [0.29, 0.717) is 0 Å². The first-order valence-electron chi connectivity index (χ1n) is 4.11. The molecule has 0 aliphatic heterocycles. The van der Waals surface area contributed by atoms with Crippen LogP contribution in [0.2, 0.25) is 0 Å². The Kier molecular flexibility index (Phi) is 4.90. The maximum Gasteiger partial charge on any atom is 0.000496 e. The van der Waals surface area contributed by atoms with Crippen molar-refractivity contribution >= 4 is 4.30 Å². The molecule has 0 saturated heterocycles. The maximum absolute atomic E-state index is 10.6. The molecule has 2 aromatic rings. The second kappa shape index (κ2) is 6.30. The molecule has 0 atom stereocenters. The number of aromatic nitrogens is 1. The third-order valence-electron chi connectivity index (χ3n) is 1.48. The zero-order valence-electron chi connectivity index (χ0n) is 7.44. The third kappa shape index (κ3) is 4.17. The Morgan fingerprint density at radius 1 is 1.00 bits per heavy atom. The molecule has 74 valence electrons. The number of carbonyl (C=O) groups excluding carboxylic acids is 1. The van der Waals surface area contributed by atoms with Gasteiger partial charge in [0, 0.05) is 12.4 Å². The second-order valence-electron chi connectivity index (χ2n) is 2.50. The summed E-state index contributed by atoms with van der Waals surface area (Å²) in [5, 5.41) is 0. The van der Waals surface area contributed by atoms with E-state index in [1.807, 2.05) is 54.9 Å². The van der Waals surface area contributed by atoms with Crippen LogP contribution < -0.4 is 0 Å². The van der Waals surface area contributed by atoms with Gasteiger partial charge in [0.1, 0.15) is 0 Å². The summed E-state index contributed by atoms with van der Waals surface area (Å²) in [4.78, 5) is 13.5. The molecule has 1 heterocycles. The number of aromatic amines is 1. The molecule has 0 spiro atoms. The number of benzene rings is 1. The van der Waals surface area contributed by atoms with E-state index >= 15 is 0 Å². The average Bonchev–Trinajstić information content (AvgIpc) is 2.77. The molecule has 1 aromatic heterocycles. The molecular weight excluding hydrogens is 354 g/mol. The molecule has 0 bridgehead atoms. The second-order valence-corrected chi connectivity index (χ2v) is 3.59. The Morgan fingerprint density at radius 2 is 1.57 bits per heavy atom. The van der Waals surface area contributed by atoms with Crippen molar-refractivity contribution < 1.29 is 23.7 Å². The van der Waals surface area contributed by atoms with Gasteiger partial charge in [-0.2, -0.15) is 0 Å². The Labute approximate surface area is 93.5 Å². The molecule has 2 rings (SSSR count). The Hall–Kier alpha value is -1.18. The summed E-state index contributed by atoms with van der Waals surface area (Å²) >= 11 is 1.56. The number of carbonyl (C=O) groups is 1. The van der Waals surface area contributed by atoms with E-state index < -0.39 is 0 Å². The molecular formula is C11H10IrNO. The van der Waals surface area contributed by atoms with Crippen LogP contribution in [-0.2, 0) is 18.9 Å². The Morgan fingerprint density at radius 3 is 1.86 bits per heavy atom. The fourth-order valence-electron chi connectivity index (χ4n) is 0.840. The van der Waals surface area contributed by atoms with Gasteiger partial charge in [0.15, 0.2) is 0 Å². The van der Waals surface area contributed by atoms with E-state index in [1.54, 1.807) is 18.9 Å². The first-order chi connectivity index (χ1) is 6.80. The minimum Gasteiger partial charge on any atom is -0.368 e. The third-order valence-corrected chi connectivity index (χ3v) is 2.18. The van der Waals surface area contributed by atoms with Gasteiger partial charge in [-0.15, -0.1) is 0 Å². The molecule has 0 aliphatic rings. The molecule has 0 amide bonds. The standard InChI is InChI=1S/C7H5O.C4H5N.Ir/c8-6-7-4-2-1-3-5-7;1-2-4-5-3-1;/h1-5H;1-5H;. The van der Waals surface area contributed by atoms with Gasteiger partial charge in [-0.05, 0) is 12.1 Å². The number of H-pyrrole nitrogens is 1. The SMILES string of the molecule is O=[C]([Ir])c1ccccc1.c1cc[nH]c1. The van der Waals surface area contributed by atoms with Crippen molar-refractivity contribution in [2.24, 2.45) is 0 Å². The first kappa shape index (κ1) is 10.9. The van der Waals surface area contributed by atoms with Gasteiger partial charge in [-0.3, -0.25) is 0 Å². The molecule has 0 unspecified atom stereocenters. The summed E-state index contributed by atoms with van der Waals surface area (Å²) in [7, 11) is 0. The van der Waals surface area contributed by atoms with E-state index in [0.717, 1.165) is 5.56 Å². The molecule has 0 fully saturated rings. The van der Waals surface area contributed by atoms with E-state index in [9.17, 15) is 4.79 Å². The van der Waals surface area contributed by atoms with Crippen LogP contribution in [0, 0.1) is 0 Å². The Bertz CT molecular complexity index is 339. The average molecular weight is 364 g/mol. The topological polar surface area (TPSA) is 32.9 Å². The minimum absolute atomic E-state index is 0.121. The van der Waals surface area contributed by atoms with Crippen LogP contribution in [0.5, 0.6) is 0 Å². The number of rotatable bonds is 1. The Balaban J connectivity index is 0.000000165. The summed E-state index contributed by atoms with van der Waals surface area (Å²) < 4.78 is 0.121. The number of nitrogens with one attached hydrogen (secondary N) is 1. The van der Waals surface area contributed by atoms with Crippen molar-refractivity contribution in [3.8, 4) is 0 Å². The molecule has 14 heavy (non-hydrogen) atoms. The molecule has 2 nitrogen and oxygen atoms in total. The van der Waals surface area contributed by atoms with E-state index in [1.165, 1.54) is 0 Å². The predicted octanol–water partition coefficient (Wildman–Crippen LogP) is 2.39. The van der Waals surface area contributed by atoms with Gasteiger partial charge in [0.25, 0.3) is 0 Å². The van der Waals surface area contributed by atoms with Gasteiger partial charge in [0.2, 0.25) is 0 Å². The summed E-state index contributed by atoms with van der Waals surface area (Å²) in [5.74, 6) is 0. The van der Waals surface area contributed by atoms with Crippen LogP contribution in [0.25, 0.3) is 0 Å². The van der Waals surface area contributed by atoms with Crippen LogP contribution in [0.1, 0.15) is 10.4 Å². The molecule has 3 heteroatoms. The van der Waals surface area contributed by atoms with E-state index in [4.69, 9.17) is 0 Å². The van der Waals surface area contributed by atoms with Crippen LogP contribution >= 0.6 is 0 Å². The van der Waals surface area contributed by atoms with Gasteiger partial charge in [0.05, 0.1) is 0 Å². The van der Waals surface area contributed by atoms with Gasteiger partial charge < -0.3 is 4.98 Å². The minimum atomic E-state index is 0.121. The van der Waals surface area contributed by atoms with Crippen molar-refractivity contribution in [1.82, 2.24) is 4.98 Å². The molecule has 1 aromatic carbocycles. The van der Waals surface area contributed by atoms with Crippen molar-refractivity contribution in [3.63, 3.8) is 0 Å². The summed E-state index contributed by atoms with van der Waals surface area (Å²) in [6.45, 7) is 0. The van der Waals surface area contributed by atoms with Crippen LogP contribution in [0.3, 0.4) is 0 Å². The zero-order chi connectivity index (χ0) is 10.2. The van der Waals surface area contributed by atoms with E-state index in [-0.39, 0.29) is 4.30 Å². The van der Waals surface area contributed by atoms with Crippen molar-refractivity contribution in [1.29, 1.82) is 0 Å². The molecule has 1 N–H and O–H groups in total. The summed E-state index contributed by atoms with van der Waals surface area (Å²) in [5.41, 5.74) is 0.775. The molecule has 0 saturated carbocycles. The molecule has 0 aliphatic carbocycles.